The Morgan fingerprint density at radius 2 is 2.22 bits per heavy atom. The maximum absolute atomic E-state index is 11.8. The highest BCUT2D eigenvalue weighted by molar-refractivity contribution is 6.29. The summed E-state index contributed by atoms with van der Waals surface area (Å²) in [4.78, 5) is 15.7. The molecule has 2 heterocycles. The van der Waals surface area contributed by atoms with Crippen molar-refractivity contribution in [3.8, 4) is 0 Å². The quantitative estimate of drug-likeness (QED) is 0.866. The second-order valence-corrected chi connectivity index (χ2v) is 4.46. The summed E-state index contributed by atoms with van der Waals surface area (Å²) < 4.78 is 5.01. The predicted molar refractivity (Wildman–Crippen MR) is 67.8 cm³/mol. The number of halogens is 1. The van der Waals surface area contributed by atoms with Crippen molar-refractivity contribution in [2.24, 2.45) is 0 Å². The molecular weight excluding hydrogens is 254 g/mol. The molecule has 5 nitrogen and oxygen atoms in total. The molecule has 0 aromatic carbocycles. The molecule has 1 N–H and O–H groups in total. The Kier molecular flexibility index (Phi) is 3.62. The zero-order valence-electron chi connectivity index (χ0n) is 9.98. The minimum atomic E-state index is -0.385. The lowest BCUT2D eigenvalue weighted by Crippen LogP contribution is -2.13. The number of nitrogens with zero attached hydrogens (tertiary/aromatic N) is 2. The van der Waals surface area contributed by atoms with Crippen molar-refractivity contribution in [3.05, 3.63) is 40.8 Å². The van der Waals surface area contributed by atoms with E-state index in [4.69, 9.17) is 16.1 Å². The van der Waals surface area contributed by atoms with Gasteiger partial charge in [0.05, 0.1) is 5.69 Å². The predicted octanol–water partition coefficient (Wildman–Crippen LogP) is 3.10. The van der Waals surface area contributed by atoms with Gasteiger partial charge in [0, 0.05) is 6.07 Å². The lowest BCUT2D eigenvalue weighted by molar-refractivity contribution is 0.101. The van der Waals surface area contributed by atoms with E-state index in [0.29, 0.717) is 5.88 Å². The van der Waals surface area contributed by atoms with E-state index < -0.39 is 0 Å². The van der Waals surface area contributed by atoms with E-state index in [-0.39, 0.29) is 22.7 Å². The Bertz CT molecular complexity index is 566. The van der Waals surface area contributed by atoms with Gasteiger partial charge in [0.25, 0.3) is 5.91 Å². The minimum Gasteiger partial charge on any atom is -0.338 e. The first-order chi connectivity index (χ1) is 8.56. The Balaban J connectivity index is 2.11. The number of amides is 1. The van der Waals surface area contributed by atoms with Crippen molar-refractivity contribution < 1.29 is 9.32 Å². The molecule has 0 saturated carbocycles. The van der Waals surface area contributed by atoms with E-state index in [1.165, 1.54) is 0 Å². The Hall–Kier alpha value is -1.88. The summed E-state index contributed by atoms with van der Waals surface area (Å²) in [6, 6.07) is 6.52. The van der Waals surface area contributed by atoms with Crippen LogP contribution in [0.15, 0.2) is 28.8 Å². The first-order valence-corrected chi connectivity index (χ1v) is 5.84. The van der Waals surface area contributed by atoms with Crippen LogP contribution in [0.25, 0.3) is 0 Å². The topological polar surface area (TPSA) is 68.0 Å². The summed E-state index contributed by atoms with van der Waals surface area (Å²) in [5.41, 5.74) is 1.01. The average molecular weight is 266 g/mol. The fraction of sp³-hybridized carbons (Fsp3) is 0.250. The van der Waals surface area contributed by atoms with Crippen molar-refractivity contribution >= 4 is 23.4 Å². The minimum absolute atomic E-state index is 0.227. The van der Waals surface area contributed by atoms with Crippen molar-refractivity contribution in [2.75, 3.05) is 5.32 Å². The molecule has 1 amide bonds. The first kappa shape index (κ1) is 12.6. The molecule has 2 aromatic heterocycles. The second kappa shape index (κ2) is 5.18. The third kappa shape index (κ3) is 2.87. The molecule has 0 spiro atoms. The Morgan fingerprint density at radius 1 is 1.44 bits per heavy atom. The number of carbonyl (C=O) groups excluding carboxylic acids is 1. The van der Waals surface area contributed by atoms with Crippen LogP contribution in [0.1, 0.15) is 35.9 Å². The average Bonchev–Trinajstić information content (AvgIpc) is 2.77. The molecule has 0 fully saturated rings. The number of nitrogens with one attached hydrogen (secondary N) is 1. The van der Waals surface area contributed by atoms with Crippen LogP contribution in [-0.2, 0) is 0 Å². The van der Waals surface area contributed by atoms with Crippen LogP contribution in [0.3, 0.4) is 0 Å². The molecule has 2 aromatic rings. The van der Waals surface area contributed by atoms with Crippen LogP contribution in [0, 0.1) is 0 Å². The van der Waals surface area contributed by atoms with Gasteiger partial charge in [-0.3, -0.25) is 10.1 Å². The lowest BCUT2D eigenvalue weighted by Gasteiger charge is -2.00. The van der Waals surface area contributed by atoms with Crippen LogP contribution in [-0.4, -0.2) is 16.0 Å². The number of rotatable bonds is 3. The standard InChI is InChI=1S/C12H12ClN3O2/c1-7(2)9-6-11(18-16-9)15-12(17)8-4-3-5-10(13)14-8/h3-7H,1-2H3,(H,15,17). The second-order valence-electron chi connectivity index (χ2n) is 4.07. The van der Waals surface area contributed by atoms with Crippen LogP contribution in [0.2, 0.25) is 5.15 Å². The molecule has 18 heavy (non-hydrogen) atoms. The highest BCUT2D eigenvalue weighted by atomic mass is 35.5. The summed E-state index contributed by atoms with van der Waals surface area (Å²) >= 11 is 5.71. The van der Waals surface area contributed by atoms with Gasteiger partial charge >= 0.3 is 0 Å². The van der Waals surface area contributed by atoms with Gasteiger partial charge in [-0.15, -0.1) is 0 Å². The highest BCUT2D eigenvalue weighted by Gasteiger charge is 2.12. The molecule has 0 aliphatic heterocycles. The van der Waals surface area contributed by atoms with Gasteiger partial charge in [0.1, 0.15) is 10.8 Å². The number of anilines is 1. The summed E-state index contributed by atoms with van der Waals surface area (Å²) in [5.74, 6) is 0.151. The number of pyridine rings is 1. The van der Waals surface area contributed by atoms with Crippen molar-refractivity contribution in [3.63, 3.8) is 0 Å². The van der Waals surface area contributed by atoms with Gasteiger partial charge < -0.3 is 4.52 Å². The van der Waals surface area contributed by atoms with E-state index in [1.807, 2.05) is 13.8 Å². The van der Waals surface area contributed by atoms with E-state index in [0.717, 1.165) is 5.69 Å². The fourth-order valence-corrected chi connectivity index (χ4v) is 1.49. The van der Waals surface area contributed by atoms with E-state index in [1.54, 1.807) is 24.3 Å². The molecule has 0 bridgehead atoms. The number of carbonyl (C=O) groups is 1. The van der Waals surface area contributed by atoms with E-state index >= 15 is 0 Å². The van der Waals surface area contributed by atoms with E-state index in [2.05, 4.69) is 15.5 Å². The SMILES string of the molecule is CC(C)c1cc(NC(=O)c2cccc(Cl)n2)on1. The maximum atomic E-state index is 11.8. The van der Waals surface area contributed by atoms with Crippen LogP contribution < -0.4 is 5.32 Å². The Labute approximate surface area is 109 Å². The van der Waals surface area contributed by atoms with Gasteiger partial charge in [0.15, 0.2) is 0 Å². The van der Waals surface area contributed by atoms with E-state index in [9.17, 15) is 4.79 Å². The molecule has 0 saturated heterocycles. The lowest BCUT2D eigenvalue weighted by atomic mass is 10.1. The van der Waals surface area contributed by atoms with Crippen molar-refractivity contribution in [1.82, 2.24) is 10.1 Å². The van der Waals surface area contributed by atoms with Crippen LogP contribution in [0.5, 0.6) is 0 Å². The normalized spacial score (nSPS) is 10.7. The monoisotopic (exact) mass is 265 g/mol. The number of hydrogen-bond donors (Lipinski definition) is 1. The largest absolute Gasteiger partial charge is 0.338 e. The fourth-order valence-electron chi connectivity index (χ4n) is 1.33. The molecule has 0 aliphatic carbocycles. The molecule has 2 rings (SSSR count). The summed E-state index contributed by atoms with van der Waals surface area (Å²) in [5, 5.41) is 6.68. The van der Waals surface area contributed by atoms with Crippen molar-refractivity contribution in [1.29, 1.82) is 0 Å². The molecule has 0 atom stereocenters. The van der Waals surface area contributed by atoms with Gasteiger partial charge in [-0.1, -0.05) is 36.7 Å². The third-order valence-electron chi connectivity index (χ3n) is 2.30. The highest BCUT2D eigenvalue weighted by Crippen LogP contribution is 2.18. The van der Waals surface area contributed by atoms with Crippen LogP contribution >= 0.6 is 11.6 Å². The summed E-state index contributed by atoms with van der Waals surface area (Å²) in [6.45, 7) is 3.98. The summed E-state index contributed by atoms with van der Waals surface area (Å²) in [7, 11) is 0. The molecule has 6 heteroatoms. The zero-order valence-corrected chi connectivity index (χ0v) is 10.7. The summed E-state index contributed by atoms with van der Waals surface area (Å²) in [6.07, 6.45) is 0. The van der Waals surface area contributed by atoms with Crippen molar-refractivity contribution in [2.45, 2.75) is 19.8 Å². The molecular formula is C12H12ClN3O2. The van der Waals surface area contributed by atoms with Gasteiger partial charge in [-0.05, 0) is 18.1 Å². The molecule has 0 unspecified atom stereocenters. The molecule has 0 aliphatic rings. The maximum Gasteiger partial charge on any atom is 0.276 e. The first-order valence-electron chi connectivity index (χ1n) is 5.47. The number of aromatic nitrogens is 2. The van der Waals surface area contributed by atoms with Crippen LogP contribution in [0.4, 0.5) is 5.88 Å². The zero-order chi connectivity index (χ0) is 13.1. The molecule has 0 radical (unpaired) electrons. The van der Waals surface area contributed by atoms with Gasteiger partial charge in [-0.2, -0.15) is 0 Å². The number of hydrogen-bond acceptors (Lipinski definition) is 4. The van der Waals surface area contributed by atoms with Gasteiger partial charge in [0.2, 0.25) is 5.88 Å². The third-order valence-corrected chi connectivity index (χ3v) is 2.51. The smallest absolute Gasteiger partial charge is 0.276 e. The van der Waals surface area contributed by atoms with Gasteiger partial charge in [-0.25, -0.2) is 4.98 Å². The Morgan fingerprint density at radius 3 is 2.83 bits per heavy atom. The molecule has 94 valence electrons.